The third kappa shape index (κ3) is 3.91. The number of hydrogen-bond donors (Lipinski definition) is 0. The number of allylic oxidation sites excluding steroid dienone is 1. The summed E-state index contributed by atoms with van der Waals surface area (Å²) in [7, 11) is 0. The summed E-state index contributed by atoms with van der Waals surface area (Å²) >= 11 is 0. The fourth-order valence-electron chi connectivity index (χ4n) is 1.81. The summed E-state index contributed by atoms with van der Waals surface area (Å²) in [6, 6.07) is 8.56. The Hall–Kier alpha value is -1.04. The van der Waals surface area contributed by atoms with E-state index in [9.17, 15) is 0 Å². The molecule has 82 valence electrons. The first kappa shape index (κ1) is 12.0. The van der Waals surface area contributed by atoms with Gasteiger partial charge in [-0.05, 0) is 24.5 Å². The molecule has 0 spiro atoms. The smallest absolute Gasteiger partial charge is 0.00606 e. The Labute approximate surface area is 94.0 Å². The molecule has 0 N–H and O–H groups in total. The van der Waals surface area contributed by atoms with Gasteiger partial charge in [0.2, 0.25) is 0 Å². The highest BCUT2D eigenvalue weighted by molar-refractivity contribution is 5.62. The van der Waals surface area contributed by atoms with E-state index in [0.717, 1.165) is 6.42 Å². The van der Waals surface area contributed by atoms with Crippen LogP contribution in [0.5, 0.6) is 0 Å². The average molecular weight is 202 g/mol. The molecule has 0 heteroatoms. The van der Waals surface area contributed by atoms with Crippen molar-refractivity contribution < 1.29 is 0 Å². The number of hydrogen-bond acceptors (Lipinski definition) is 0. The summed E-state index contributed by atoms with van der Waals surface area (Å²) < 4.78 is 0. The lowest BCUT2D eigenvalue weighted by molar-refractivity contribution is 0.772. The van der Waals surface area contributed by atoms with Crippen molar-refractivity contribution in [2.45, 2.75) is 46.5 Å². The predicted molar refractivity (Wildman–Crippen MR) is 69.0 cm³/mol. The first-order valence-electron chi connectivity index (χ1n) is 6.03. The van der Waals surface area contributed by atoms with Crippen LogP contribution in [0.2, 0.25) is 0 Å². The Morgan fingerprint density at radius 2 is 1.73 bits per heavy atom. The highest BCUT2D eigenvalue weighted by Crippen LogP contribution is 2.23. The van der Waals surface area contributed by atoms with Gasteiger partial charge in [-0.25, -0.2) is 0 Å². The molecule has 1 aromatic rings. The summed E-state index contributed by atoms with van der Waals surface area (Å²) in [6.45, 7) is 6.60. The van der Waals surface area contributed by atoms with Crippen LogP contribution in [0.15, 0.2) is 29.8 Å². The first-order chi connectivity index (χ1) is 7.27. The van der Waals surface area contributed by atoms with Gasteiger partial charge in [0.25, 0.3) is 0 Å². The molecule has 1 aliphatic carbocycles. The molecule has 1 aliphatic rings. The Morgan fingerprint density at radius 1 is 1.07 bits per heavy atom. The quantitative estimate of drug-likeness (QED) is 0.643. The third-order valence-corrected chi connectivity index (χ3v) is 2.63. The van der Waals surface area contributed by atoms with E-state index in [2.05, 4.69) is 51.1 Å². The van der Waals surface area contributed by atoms with Crippen LogP contribution < -0.4 is 0 Å². The molecule has 0 saturated heterocycles. The maximum atomic E-state index is 2.26. The number of fused-ring (bicyclic) bond motifs is 1. The molecule has 0 fully saturated rings. The summed E-state index contributed by atoms with van der Waals surface area (Å²) in [5, 5.41) is 0. The van der Waals surface area contributed by atoms with Gasteiger partial charge in [0.15, 0.2) is 0 Å². The van der Waals surface area contributed by atoms with Crippen LogP contribution in [0.3, 0.4) is 0 Å². The predicted octanol–water partition coefficient (Wildman–Crippen LogP) is 4.84. The van der Waals surface area contributed by atoms with E-state index in [4.69, 9.17) is 0 Å². The second-order valence-electron chi connectivity index (χ2n) is 4.22. The van der Waals surface area contributed by atoms with Crippen LogP contribution >= 0.6 is 0 Å². The van der Waals surface area contributed by atoms with E-state index in [1.165, 1.54) is 36.0 Å². The maximum Gasteiger partial charge on any atom is -0.00606 e. The summed E-state index contributed by atoms with van der Waals surface area (Å²) in [5.74, 6) is 0. The van der Waals surface area contributed by atoms with Gasteiger partial charge in [-0.15, -0.1) is 0 Å². The zero-order valence-corrected chi connectivity index (χ0v) is 10.2. The Morgan fingerprint density at radius 3 is 2.27 bits per heavy atom. The molecule has 0 nitrogen and oxygen atoms in total. The van der Waals surface area contributed by atoms with Crippen molar-refractivity contribution in [3.63, 3.8) is 0 Å². The topological polar surface area (TPSA) is 0 Å². The molecular weight excluding hydrogens is 180 g/mol. The monoisotopic (exact) mass is 202 g/mol. The van der Waals surface area contributed by atoms with Crippen molar-refractivity contribution in [1.82, 2.24) is 0 Å². The maximum absolute atomic E-state index is 2.26. The van der Waals surface area contributed by atoms with Gasteiger partial charge in [0.05, 0.1) is 0 Å². The van der Waals surface area contributed by atoms with Gasteiger partial charge in [0.1, 0.15) is 0 Å². The average Bonchev–Trinajstić information content (AvgIpc) is 2.60. The number of rotatable bonds is 2. The van der Waals surface area contributed by atoms with Crippen LogP contribution in [0.1, 0.15) is 51.2 Å². The van der Waals surface area contributed by atoms with Crippen LogP contribution in [0, 0.1) is 0 Å². The number of unbranched alkanes of at least 4 members (excludes halogenated alkanes) is 2. The van der Waals surface area contributed by atoms with Gasteiger partial charge in [0, 0.05) is 0 Å². The second kappa shape index (κ2) is 6.44. The van der Waals surface area contributed by atoms with Gasteiger partial charge in [-0.2, -0.15) is 0 Å². The molecule has 0 aliphatic heterocycles. The van der Waals surface area contributed by atoms with Crippen LogP contribution in [0.25, 0.3) is 6.08 Å². The standard InChI is InChI=1S/C10H10.C5H12/c1-8-6-9-4-2-3-5-10(9)7-8;1-3-5-4-2/h2-6H,7H2,1H3;3-5H2,1-2H3. The van der Waals surface area contributed by atoms with E-state index in [1.54, 1.807) is 0 Å². The molecular formula is C15H22. The first-order valence-corrected chi connectivity index (χ1v) is 6.03. The van der Waals surface area contributed by atoms with Crippen molar-refractivity contribution in [2.75, 3.05) is 0 Å². The minimum absolute atomic E-state index is 1.15. The molecule has 0 atom stereocenters. The molecule has 2 rings (SSSR count). The Kier molecular flexibility index (Phi) is 5.17. The molecule has 0 bridgehead atoms. The number of benzene rings is 1. The summed E-state index contributed by atoms with van der Waals surface area (Å²) in [6.07, 6.45) is 7.48. The summed E-state index contributed by atoms with van der Waals surface area (Å²) in [5.41, 5.74) is 4.35. The van der Waals surface area contributed by atoms with Crippen molar-refractivity contribution in [1.29, 1.82) is 0 Å². The van der Waals surface area contributed by atoms with Crippen LogP contribution in [0.4, 0.5) is 0 Å². The fraction of sp³-hybridized carbons (Fsp3) is 0.467. The minimum Gasteiger partial charge on any atom is -0.0683 e. The molecule has 0 aromatic heterocycles. The summed E-state index contributed by atoms with van der Waals surface area (Å²) in [4.78, 5) is 0. The van der Waals surface area contributed by atoms with E-state index >= 15 is 0 Å². The van der Waals surface area contributed by atoms with Gasteiger partial charge >= 0.3 is 0 Å². The van der Waals surface area contributed by atoms with Crippen LogP contribution in [-0.2, 0) is 6.42 Å². The lowest BCUT2D eigenvalue weighted by Crippen LogP contribution is -1.79. The fourth-order valence-corrected chi connectivity index (χ4v) is 1.81. The Balaban J connectivity index is 0.000000195. The van der Waals surface area contributed by atoms with E-state index in [-0.39, 0.29) is 0 Å². The highest BCUT2D eigenvalue weighted by atomic mass is 14.1. The van der Waals surface area contributed by atoms with E-state index in [0.29, 0.717) is 0 Å². The SMILES string of the molecule is CC1=Cc2ccccc2C1.CCCCC. The van der Waals surface area contributed by atoms with E-state index < -0.39 is 0 Å². The minimum atomic E-state index is 1.15. The molecule has 0 radical (unpaired) electrons. The zero-order chi connectivity index (χ0) is 11.1. The van der Waals surface area contributed by atoms with Gasteiger partial charge < -0.3 is 0 Å². The lowest BCUT2D eigenvalue weighted by atomic mass is 10.1. The Bertz CT molecular complexity index is 319. The van der Waals surface area contributed by atoms with Gasteiger partial charge in [-0.3, -0.25) is 0 Å². The highest BCUT2D eigenvalue weighted by Gasteiger charge is 2.06. The van der Waals surface area contributed by atoms with E-state index in [1.807, 2.05) is 0 Å². The third-order valence-electron chi connectivity index (χ3n) is 2.63. The molecule has 0 amide bonds. The normalized spacial score (nSPS) is 12.6. The molecule has 15 heavy (non-hydrogen) atoms. The molecule has 1 aromatic carbocycles. The van der Waals surface area contributed by atoms with Crippen molar-refractivity contribution >= 4 is 6.08 Å². The van der Waals surface area contributed by atoms with Crippen molar-refractivity contribution in [3.05, 3.63) is 41.0 Å². The molecule has 0 heterocycles. The lowest BCUT2D eigenvalue weighted by Gasteiger charge is -1.93. The molecule has 0 saturated carbocycles. The largest absolute Gasteiger partial charge is 0.0683 e. The second-order valence-corrected chi connectivity index (χ2v) is 4.22. The van der Waals surface area contributed by atoms with Crippen molar-refractivity contribution in [3.8, 4) is 0 Å². The zero-order valence-electron chi connectivity index (χ0n) is 10.2. The molecule has 0 unspecified atom stereocenters. The van der Waals surface area contributed by atoms with Crippen molar-refractivity contribution in [2.24, 2.45) is 0 Å². The van der Waals surface area contributed by atoms with Gasteiger partial charge in [-0.1, -0.05) is 69.0 Å². The van der Waals surface area contributed by atoms with Crippen LogP contribution in [-0.4, -0.2) is 0 Å².